The molecule has 2 atom stereocenters. The van der Waals surface area contributed by atoms with Crippen LogP contribution in [0, 0.1) is 0 Å². The van der Waals surface area contributed by atoms with Crippen molar-refractivity contribution in [1.82, 2.24) is 0 Å². The number of alkyl halides is 17. The lowest BCUT2D eigenvalue weighted by Gasteiger charge is -2.39. The van der Waals surface area contributed by atoms with Crippen molar-refractivity contribution < 1.29 is 93.6 Å². The zero-order valence-corrected chi connectivity index (χ0v) is 13.6. The predicted molar refractivity (Wildman–Crippen MR) is 54.9 cm³/mol. The molecular formula is C10H3F17O4. The number of carbonyl (C=O) groups excluding carboxylic acids is 1. The second-order valence-electron chi connectivity index (χ2n) is 4.99. The molecule has 0 rings (SSSR count). The first-order valence-electron chi connectivity index (χ1n) is 6.35. The SMILES string of the molecule is COC(=O)[C@](F)(OC(F)(F)[C@](F)(OC(F)(F)C(F)(F)C(F)(F)F)C(F)(F)F)C(F)(F)F. The minimum atomic E-state index is -8.03. The lowest BCUT2D eigenvalue weighted by molar-refractivity contribution is -0.548. The largest absolute Gasteiger partial charge is 0.465 e. The molecule has 0 saturated heterocycles. The molecule has 0 aliphatic heterocycles. The van der Waals surface area contributed by atoms with Crippen LogP contribution < -0.4 is 0 Å². The van der Waals surface area contributed by atoms with E-state index in [9.17, 15) is 79.4 Å². The number of hydrogen-bond acceptors (Lipinski definition) is 4. The van der Waals surface area contributed by atoms with Crippen LogP contribution in [0.4, 0.5) is 74.6 Å². The third-order valence-corrected chi connectivity index (χ3v) is 2.81. The summed E-state index contributed by atoms with van der Waals surface area (Å²) in [6.07, 6.45) is -38.5. The van der Waals surface area contributed by atoms with Crippen LogP contribution in [0.3, 0.4) is 0 Å². The van der Waals surface area contributed by atoms with Crippen LogP contribution in [-0.2, 0) is 19.0 Å². The summed E-state index contributed by atoms with van der Waals surface area (Å²) in [4.78, 5) is 10.7. The van der Waals surface area contributed by atoms with Gasteiger partial charge in [0.05, 0.1) is 7.11 Å². The molecule has 0 unspecified atom stereocenters. The maximum atomic E-state index is 13.7. The Bertz CT molecular complexity index is 663. The average molecular weight is 510 g/mol. The maximum absolute atomic E-state index is 13.7. The summed E-state index contributed by atoms with van der Waals surface area (Å²) < 4.78 is 222. The number of halogens is 17. The van der Waals surface area contributed by atoms with Gasteiger partial charge in [-0.1, -0.05) is 0 Å². The highest BCUT2D eigenvalue weighted by Crippen LogP contribution is 2.56. The number of rotatable bonds is 7. The first kappa shape index (κ1) is 29.2. The van der Waals surface area contributed by atoms with Crippen LogP contribution >= 0.6 is 0 Å². The fourth-order valence-corrected chi connectivity index (χ4v) is 1.28. The van der Waals surface area contributed by atoms with Crippen molar-refractivity contribution in [2.45, 2.75) is 48.4 Å². The van der Waals surface area contributed by atoms with Gasteiger partial charge in [0, 0.05) is 0 Å². The molecule has 21 heteroatoms. The highest BCUT2D eigenvalue weighted by atomic mass is 19.4. The number of carbonyl (C=O) groups is 1. The van der Waals surface area contributed by atoms with Gasteiger partial charge in [0.25, 0.3) is 0 Å². The Hall–Kier alpha value is -1.80. The quantitative estimate of drug-likeness (QED) is 0.356. The fourth-order valence-electron chi connectivity index (χ4n) is 1.28. The van der Waals surface area contributed by atoms with Crippen molar-refractivity contribution in [3.8, 4) is 0 Å². The molecule has 0 heterocycles. The zero-order valence-electron chi connectivity index (χ0n) is 13.6. The van der Waals surface area contributed by atoms with E-state index in [-0.39, 0.29) is 7.11 Å². The normalized spacial score (nSPS) is 18.9. The standard InChI is InChI=1S/C10H3F17O4/c1-29-2(28)3(11,6(15,16)17)30-10(26,27)5(14,8(21,22)23)31-9(24,25)4(12,13)7(18,19)20/h1H3/t3-,5+/m0/s1. The molecule has 0 fully saturated rings. The van der Waals surface area contributed by atoms with Gasteiger partial charge in [0.1, 0.15) is 0 Å². The summed E-state index contributed by atoms with van der Waals surface area (Å²) in [6, 6.07) is 0. The van der Waals surface area contributed by atoms with Crippen LogP contribution in [0.25, 0.3) is 0 Å². The average Bonchev–Trinajstić information content (AvgIpc) is 2.49. The topological polar surface area (TPSA) is 44.8 Å². The zero-order chi connectivity index (χ0) is 25.7. The molecule has 0 spiro atoms. The number of hydrogen-bond donors (Lipinski definition) is 0. The molecule has 0 saturated carbocycles. The minimum Gasteiger partial charge on any atom is -0.465 e. The summed E-state index contributed by atoms with van der Waals surface area (Å²) in [6.45, 7) is 0. The van der Waals surface area contributed by atoms with Crippen LogP contribution in [0.2, 0.25) is 0 Å². The van der Waals surface area contributed by atoms with Gasteiger partial charge < -0.3 is 4.74 Å². The molecule has 0 aliphatic rings. The minimum absolute atomic E-state index is 0.231. The molecule has 0 aromatic carbocycles. The van der Waals surface area contributed by atoms with E-state index in [1.54, 1.807) is 4.74 Å². The molecule has 0 aromatic heterocycles. The van der Waals surface area contributed by atoms with E-state index in [2.05, 4.69) is 4.74 Å². The Balaban J connectivity index is 6.69. The van der Waals surface area contributed by atoms with E-state index in [0.29, 0.717) is 0 Å². The van der Waals surface area contributed by atoms with Gasteiger partial charge in [0.15, 0.2) is 0 Å². The molecule has 0 bridgehead atoms. The fraction of sp³-hybridized carbons (Fsp3) is 0.900. The summed E-state index contributed by atoms with van der Waals surface area (Å²) in [5.74, 6) is -26.4. The van der Waals surface area contributed by atoms with E-state index in [1.165, 1.54) is 4.74 Å². The van der Waals surface area contributed by atoms with Gasteiger partial charge in [-0.15, -0.1) is 0 Å². The first-order valence-corrected chi connectivity index (χ1v) is 6.35. The highest BCUT2D eigenvalue weighted by molar-refractivity contribution is 5.78. The first-order chi connectivity index (χ1) is 13.1. The van der Waals surface area contributed by atoms with Gasteiger partial charge in [-0.3, -0.25) is 9.47 Å². The van der Waals surface area contributed by atoms with E-state index in [4.69, 9.17) is 0 Å². The highest BCUT2D eigenvalue weighted by Gasteiger charge is 2.85. The van der Waals surface area contributed by atoms with Crippen LogP contribution in [-0.4, -0.2) is 61.5 Å². The summed E-state index contributed by atoms with van der Waals surface area (Å²) >= 11 is 0. The lowest BCUT2D eigenvalue weighted by Crippen LogP contribution is -2.68. The van der Waals surface area contributed by atoms with Crippen molar-refractivity contribution >= 4 is 5.97 Å². The lowest BCUT2D eigenvalue weighted by atomic mass is 10.2. The number of esters is 1. The molecule has 4 nitrogen and oxygen atoms in total. The van der Waals surface area contributed by atoms with Crippen molar-refractivity contribution in [3.05, 3.63) is 0 Å². The smallest absolute Gasteiger partial charge is 0.462 e. The van der Waals surface area contributed by atoms with Crippen LogP contribution in [0.1, 0.15) is 0 Å². The van der Waals surface area contributed by atoms with E-state index < -0.39 is 54.3 Å². The molecule has 0 radical (unpaired) electrons. The Labute approximate surface area is 156 Å². The number of methoxy groups -OCH3 is 1. The molecule has 31 heavy (non-hydrogen) atoms. The maximum Gasteiger partial charge on any atom is 0.462 e. The second-order valence-corrected chi connectivity index (χ2v) is 4.99. The van der Waals surface area contributed by atoms with Gasteiger partial charge >= 0.3 is 54.3 Å². The van der Waals surface area contributed by atoms with Gasteiger partial charge in [-0.05, 0) is 0 Å². The Kier molecular flexibility index (Phi) is 7.21. The van der Waals surface area contributed by atoms with Crippen molar-refractivity contribution in [2.75, 3.05) is 7.11 Å². The number of ether oxygens (including phenoxy) is 3. The third kappa shape index (κ3) is 4.85. The van der Waals surface area contributed by atoms with Gasteiger partial charge in [-0.25, -0.2) is 4.79 Å². The Morgan fingerprint density at radius 3 is 1.19 bits per heavy atom. The van der Waals surface area contributed by atoms with E-state index in [1.807, 2.05) is 0 Å². The predicted octanol–water partition coefficient (Wildman–Crippen LogP) is 5.03. The van der Waals surface area contributed by atoms with Crippen molar-refractivity contribution in [3.63, 3.8) is 0 Å². The van der Waals surface area contributed by atoms with Crippen LogP contribution in [0.5, 0.6) is 0 Å². The molecule has 0 aromatic rings. The molecule has 186 valence electrons. The molecular weight excluding hydrogens is 507 g/mol. The monoisotopic (exact) mass is 510 g/mol. The molecule has 0 aliphatic carbocycles. The third-order valence-electron chi connectivity index (χ3n) is 2.81. The summed E-state index contributed by atoms with van der Waals surface area (Å²) in [5, 5.41) is 0. The van der Waals surface area contributed by atoms with E-state index in [0.717, 1.165) is 0 Å². The van der Waals surface area contributed by atoms with Crippen LogP contribution in [0.15, 0.2) is 0 Å². The Morgan fingerprint density at radius 2 is 0.935 bits per heavy atom. The van der Waals surface area contributed by atoms with Crippen molar-refractivity contribution in [2.24, 2.45) is 0 Å². The van der Waals surface area contributed by atoms with E-state index >= 15 is 0 Å². The molecule has 0 N–H and O–H groups in total. The summed E-state index contributed by atoms with van der Waals surface area (Å²) in [7, 11) is -0.231. The summed E-state index contributed by atoms with van der Waals surface area (Å²) in [5.41, 5.74) is 0. The van der Waals surface area contributed by atoms with Crippen molar-refractivity contribution in [1.29, 1.82) is 0 Å². The Morgan fingerprint density at radius 1 is 0.548 bits per heavy atom. The van der Waals surface area contributed by atoms with Gasteiger partial charge in [0.2, 0.25) is 0 Å². The van der Waals surface area contributed by atoms with Gasteiger partial charge in [-0.2, -0.15) is 74.6 Å². The molecule has 0 amide bonds. The second kappa shape index (κ2) is 7.66.